The minimum atomic E-state index is 0.341. The van der Waals surface area contributed by atoms with Crippen LogP contribution in [0.3, 0.4) is 0 Å². The number of rotatable bonds is 4. The van der Waals surface area contributed by atoms with Gasteiger partial charge >= 0.3 is 0 Å². The summed E-state index contributed by atoms with van der Waals surface area (Å²) in [6.07, 6.45) is 2.61. The molecule has 0 radical (unpaired) electrons. The van der Waals surface area contributed by atoms with Crippen molar-refractivity contribution in [1.82, 2.24) is 9.97 Å². The molecule has 1 aromatic carbocycles. The molecule has 4 heteroatoms. The van der Waals surface area contributed by atoms with Gasteiger partial charge in [-0.15, -0.1) is 0 Å². The number of benzene rings is 1. The number of aromatic nitrogens is 2. The Morgan fingerprint density at radius 1 is 1.21 bits per heavy atom. The lowest BCUT2D eigenvalue weighted by Crippen LogP contribution is -2.18. The predicted molar refractivity (Wildman–Crippen MR) is 80.6 cm³/mol. The molecule has 19 heavy (non-hydrogen) atoms. The third kappa shape index (κ3) is 2.74. The van der Waals surface area contributed by atoms with Gasteiger partial charge in [-0.25, -0.2) is 9.97 Å². The Bertz CT molecular complexity index is 659. The lowest BCUT2D eigenvalue weighted by atomic mass is 10.1. The molecule has 0 aliphatic heterocycles. The van der Waals surface area contributed by atoms with Crippen LogP contribution >= 0.6 is 11.3 Å². The largest absolute Gasteiger partial charge is 0.367 e. The first-order valence-electron chi connectivity index (χ1n) is 6.30. The highest BCUT2D eigenvalue weighted by Crippen LogP contribution is 2.20. The van der Waals surface area contributed by atoms with Crippen LogP contribution in [0.1, 0.15) is 12.5 Å². The molecule has 3 nitrogen and oxygen atoms in total. The zero-order chi connectivity index (χ0) is 13.1. The van der Waals surface area contributed by atoms with Gasteiger partial charge in [0, 0.05) is 11.4 Å². The Morgan fingerprint density at radius 3 is 2.95 bits per heavy atom. The molecule has 1 atom stereocenters. The molecule has 0 aliphatic rings. The molecule has 0 bridgehead atoms. The Labute approximate surface area is 116 Å². The van der Waals surface area contributed by atoms with E-state index in [1.807, 2.05) is 18.2 Å². The lowest BCUT2D eigenvalue weighted by molar-refractivity contribution is 0.788. The van der Waals surface area contributed by atoms with Crippen LogP contribution in [-0.2, 0) is 6.42 Å². The molecule has 0 aliphatic carbocycles. The van der Waals surface area contributed by atoms with Crippen molar-refractivity contribution in [1.29, 1.82) is 0 Å². The van der Waals surface area contributed by atoms with Gasteiger partial charge < -0.3 is 5.32 Å². The smallest absolute Gasteiger partial charge is 0.137 e. The number of nitrogens with zero attached hydrogens (tertiary/aromatic N) is 2. The van der Waals surface area contributed by atoms with E-state index >= 15 is 0 Å². The third-order valence-corrected chi connectivity index (χ3v) is 3.78. The van der Waals surface area contributed by atoms with Crippen molar-refractivity contribution in [3.63, 3.8) is 0 Å². The monoisotopic (exact) mass is 269 g/mol. The van der Waals surface area contributed by atoms with Gasteiger partial charge in [-0.1, -0.05) is 12.1 Å². The van der Waals surface area contributed by atoms with Crippen molar-refractivity contribution < 1.29 is 0 Å². The van der Waals surface area contributed by atoms with E-state index in [1.54, 1.807) is 17.7 Å². The summed E-state index contributed by atoms with van der Waals surface area (Å²) in [4.78, 5) is 8.63. The third-order valence-electron chi connectivity index (χ3n) is 3.05. The second-order valence-corrected chi connectivity index (χ2v) is 5.40. The summed E-state index contributed by atoms with van der Waals surface area (Å²) in [6, 6.07) is 10.6. The van der Waals surface area contributed by atoms with Gasteiger partial charge in [0.1, 0.15) is 12.1 Å². The Kier molecular flexibility index (Phi) is 3.42. The quantitative estimate of drug-likeness (QED) is 0.784. The fourth-order valence-electron chi connectivity index (χ4n) is 2.17. The normalized spacial score (nSPS) is 12.5. The van der Waals surface area contributed by atoms with Gasteiger partial charge in [-0.3, -0.25) is 0 Å². The summed E-state index contributed by atoms with van der Waals surface area (Å²) in [7, 11) is 0. The van der Waals surface area contributed by atoms with Crippen LogP contribution in [0.15, 0.2) is 47.4 Å². The summed E-state index contributed by atoms with van der Waals surface area (Å²) in [5.41, 5.74) is 2.34. The number of para-hydroxylation sites is 1. The van der Waals surface area contributed by atoms with Crippen molar-refractivity contribution in [3.8, 4) is 0 Å². The van der Waals surface area contributed by atoms with E-state index in [-0.39, 0.29) is 0 Å². The molecule has 0 saturated heterocycles. The maximum atomic E-state index is 4.36. The van der Waals surface area contributed by atoms with Crippen molar-refractivity contribution in [2.75, 3.05) is 5.32 Å². The summed E-state index contributed by atoms with van der Waals surface area (Å²) < 4.78 is 0. The first-order chi connectivity index (χ1) is 9.33. The van der Waals surface area contributed by atoms with Crippen LogP contribution in [-0.4, -0.2) is 16.0 Å². The van der Waals surface area contributed by atoms with Crippen molar-refractivity contribution in [2.24, 2.45) is 0 Å². The number of anilines is 1. The van der Waals surface area contributed by atoms with Gasteiger partial charge in [0.05, 0.1) is 5.52 Å². The maximum absolute atomic E-state index is 4.36. The molecule has 3 aromatic rings. The SMILES string of the molecule is CC(Cc1ccsc1)Nc1ncnc2ccccc12. The average Bonchev–Trinajstić information content (AvgIpc) is 2.92. The summed E-state index contributed by atoms with van der Waals surface area (Å²) in [5, 5.41) is 8.85. The van der Waals surface area contributed by atoms with E-state index in [2.05, 4.69) is 45.1 Å². The summed E-state index contributed by atoms with van der Waals surface area (Å²) in [5.74, 6) is 0.910. The van der Waals surface area contributed by atoms with Crippen molar-refractivity contribution >= 4 is 28.1 Å². The van der Waals surface area contributed by atoms with Crippen LogP contribution in [0.5, 0.6) is 0 Å². The molecular weight excluding hydrogens is 254 g/mol. The number of nitrogens with one attached hydrogen (secondary N) is 1. The maximum Gasteiger partial charge on any atom is 0.137 e. The fourth-order valence-corrected chi connectivity index (χ4v) is 2.85. The highest BCUT2D eigenvalue weighted by atomic mass is 32.1. The van der Waals surface area contributed by atoms with Crippen LogP contribution < -0.4 is 5.32 Å². The van der Waals surface area contributed by atoms with Gasteiger partial charge in [-0.2, -0.15) is 11.3 Å². The molecular formula is C15H15N3S. The molecule has 1 N–H and O–H groups in total. The zero-order valence-electron chi connectivity index (χ0n) is 10.7. The highest BCUT2D eigenvalue weighted by molar-refractivity contribution is 7.07. The molecule has 3 rings (SSSR count). The van der Waals surface area contributed by atoms with Gasteiger partial charge in [0.2, 0.25) is 0 Å². The Balaban J connectivity index is 1.81. The number of thiophene rings is 1. The highest BCUT2D eigenvalue weighted by Gasteiger charge is 2.08. The Morgan fingerprint density at radius 2 is 2.11 bits per heavy atom. The molecule has 1 unspecified atom stereocenters. The molecule has 0 saturated carbocycles. The van der Waals surface area contributed by atoms with Gasteiger partial charge in [0.25, 0.3) is 0 Å². The van der Waals surface area contributed by atoms with Crippen LogP contribution in [0.4, 0.5) is 5.82 Å². The summed E-state index contributed by atoms with van der Waals surface area (Å²) in [6.45, 7) is 2.18. The fraction of sp³-hybridized carbons (Fsp3) is 0.200. The van der Waals surface area contributed by atoms with E-state index in [0.29, 0.717) is 6.04 Å². The van der Waals surface area contributed by atoms with Crippen LogP contribution in [0.2, 0.25) is 0 Å². The molecule has 0 fully saturated rings. The Hall–Kier alpha value is -1.94. The lowest BCUT2D eigenvalue weighted by Gasteiger charge is -2.15. The van der Waals surface area contributed by atoms with Gasteiger partial charge in [0.15, 0.2) is 0 Å². The minimum absolute atomic E-state index is 0.341. The van der Waals surface area contributed by atoms with E-state index in [0.717, 1.165) is 23.1 Å². The number of fused-ring (bicyclic) bond motifs is 1. The summed E-state index contributed by atoms with van der Waals surface area (Å²) >= 11 is 1.74. The van der Waals surface area contributed by atoms with Gasteiger partial charge in [-0.05, 0) is 47.9 Å². The second-order valence-electron chi connectivity index (χ2n) is 4.62. The van der Waals surface area contributed by atoms with E-state index in [4.69, 9.17) is 0 Å². The first kappa shape index (κ1) is 12.1. The van der Waals surface area contributed by atoms with E-state index < -0.39 is 0 Å². The van der Waals surface area contributed by atoms with Crippen LogP contribution in [0.25, 0.3) is 10.9 Å². The number of hydrogen-bond donors (Lipinski definition) is 1. The number of hydrogen-bond acceptors (Lipinski definition) is 4. The molecule has 2 heterocycles. The van der Waals surface area contributed by atoms with E-state index in [9.17, 15) is 0 Å². The van der Waals surface area contributed by atoms with Crippen molar-refractivity contribution in [2.45, 2.75) is 19.4 Å². The molecule has 2 aromatic heterocycles. The first-order valence-corrected chi connectivity index (χ1v) is 7.24. The average molecular weight is 269 g/mol. The predicted octanol–water partition coefficient (Wildman–Crippen LogP) is 3.73. The van der Waals surface area contributed by atoms with Crippen molar-refractivity contribution in [3.05, 3.63) is 53.0 Å². The molecule has 96 valence electrons. The van der Waals surface area contributed by atoms with E-state index in [1.165, 1.54) is 5.56 Å². The zero-order valence-corrected chi connectivity index (χ0v) is 11.5. The topological polar surface area (TPSA) is 37.8 Å². The minimum Gasteiger partial charge on any atom is -0.367 e. The standard InChI is InChI=1S/C15H15N3S/c1-11(8-12-6-7-19-9-12)18-15-13-4-2-3-5-14(13)16-10-17-15/h2-7,9-11H,8H2,1H3,(H,16,17,18). The van der Waals surface area contributed by atoms with Crippen LogP contribution in [0, 0.1) is 0 Å². The molecule has 0 spiro atoms. The molecule has 0 amide bonds. The second kappa shape index (κ2) is 5.36.